The molecule has 7 nitrogen and oxygen atoms in total. The number of alkyl halides is 2. The van der Waals surface area contributed by atoms with E-state index in [4.69, 9.17) is 17.3 Å². The monoisotopic (exact) mass is 418 g/mol. The zero-order valence-electron chi connectivity index (χ0n) is 15.2. The minimum atomic E-state index is -2.70. The highest BCUT2D eigenvalue weighted by atomic mass is 35.5. The molecule has 0 spiro atoms. The summed E-state index contributed by atoms with van der Waals surface area (Å²) in [6, 6.07) is 6.70. The molecule has 0 radical (unpaired) electrons. The van der Waals surface area contributed by atoms with Crippen LogP contribution < -0.4 is 5.73 Å². The zero-order chi connectivity index (χ0) is 20.5. The van der Waals surface area contributed by atoms with Crippen LogP contribution in [-0.2, 0) is 19.5 Å². The quantitative estimate of drug-likeness (QED) is 0.687. The van der Waals surface area contributed by atoms with Gasteiger partial charge in [-0.05, 0) is 36.2 Å². The molecule has 0 fully saturated rings. The van der Waals surface area contributed by atoms with Gasteiger partial charge < -0.3 is 5.73 Å². The second-order valence-corrected chi connectivity index (χ2v) is 7.15. The molecule has 1 aliphatic rings. The van der Waals surface area contributed by atoms with E-state index in [2.05, 4.69) is 15.1 Å². The Kier molecular flexibility index (Phi) is 5.25. The SMILES string of the molecule is NC(=O)c1cc(-c2ccc(Cl)cn2)c2c(n1)CN(Cc1ccnn1C(F)F)CC2. The number of nitrogens with two attached hydrogens (primary N) is 1. The van der Waals surface area contributed by atoms with Gasteiger partial charge in [-0.15, -0.1) is 0 Å². The third kappa shape index (κ3) is 3.96. The molecule has 0 saturated heterocycles. The molecule has 1 amide bonds. The van der Waals surface area contributed by atoms with Crippen molar-refractivity contribution in [2.24, 2.45) is 5.73 Å². The van der Waals surface area contributed by atoms with Gasteiger partial charge in [0.15, 0.2) is 0 Å². The van der Waals surface area contributed by atoms with Gasteiger partial charge in [0.1, 0.15) is 5.69 Å². The van der Waals surface area contributed by atoms with E-state index in [0.717, 1.165) is 11.1 Å². The number of fused-ring (bicyclic) bond motifs is 1. The number of aromatic nitrogens is 4. The predicted molar refractivity (Wildman–Crippen MR) is 102 cm³/mol. The molecule has 0 atom stereocenters. The lowest BCUT2D eigenvalue weighted by Crippen LogP contribution is -2.33. The minimum Gasteiger partial charge on any atom is -0.364 e. The Hall–Kier alpha value is -2.91. The first-order valence-electron chi connectivity index (χ1n) is 8.90. The standard InChI is InChI=1S/C19H17ClF2N6O/c20-11-1-2-15(24-8-11)14-7-16(18(23)29)26-17-10-27(6-4-13(14)17)9-12-3-5-25-28(12)19(21)22/h1-3,5,7-8,19H,4,6,9-10H2,(H2,23,29). The fourth-order valence-electron chi connectivity index (χ4n) is 3.49. The summed E-state index contributed by atoms with van der Waals surface area (Å²) in [5, 5.41) is 4.18. The van der Waals surface area contributed by atoms with Gasteiger partial charge >= 0.3 is 6.55 Å². The Morgan fingerprint density at radius 1 is 1.31 bits per heavy atom. The molecular weight excluding hydrogens is 402 g/mol. The third-order valence-corrected chi connectivity index (χ3v) is 5.06. The fraction of sp³-hybridized carbons (Fsp3) is 0.263. The van der Waals surface area contributed by atoms with E-state index in [0.29, 0.717) is 52.8 Å². The molecule has 0 aliphatic carbocycles. The lowest BCUT2D eigenvalue weighted by Gasteiger charge is -2.29. The van der Waals surface area contributed by atoms with Crippen molar-refractivity contribution < 1.29 is 13.6 Å². The maximum atomic E-state index is 13.1. The lowest BCUT2D eigenvalue weighted by molar-refractivity contribution is 0.0501. The van der Waals surface area contributed by atoms with Crippen LogP contribution in [0, 0.1) is 0 Å². The van der Waals surface area contributed by atoms with E-state index in [1.165, 1.54) is 12.4 Å². The first kappa shape index (κ1) is 19.4. The molecule has 10 heteroatoms. The lowest BCUT2D eigenvalue weighted by atomic mass is 9.95. The molecule has 1 aliphatic heterocycles. The van der Waals surface area contributed by atoms with Gasteiger partial charge in [0.2, 0.25) is 0 Å². The van der Waals surface area contributed by atoms with Crippen molar-refractivity contribution in [1.82, 2.24) is 24.6 Å². The van der Waals surface area contributed by atoms with E-state index in [-0.39, 0.29) is 5.69 Å². The van der Waals surface area contributed by atoms with Crippen LogP contribution in [0.5, 0.6) is 0 Å². The van der Waals surface area contributed by atoms with Crippen LogP contribution in [0.15, 0.2) is 36.7 Å². The molecule has 2 N–H and O–H groups in total. The van der Waals surface area contributed by atoms with E-state index >= 15 is 0 Å². The van der Waals surface area contributed by atoms with Crippen molar-refractivity contribution in [3.63, 3.8) is 0 Å². The van der Waals surface area contributed by atoms with Crippen LogP contribution >= 0.6 is 11.6 Å². The molecule has 0 saturated carbocycles. The number of pyridine rings is 2. The average Bonchev–Trinajstić information content (AvgIpc) is 3.16. The molecule has 29 heavy (non-hydrogen) atoms. The number of rotatable bonds is 5. The summed E-state index contributed by atoms with van der Waals surface area (Å²) < 4.78 is 26.8. The van der Waals surface area contributed by atoms with Gasteiger partial charge in [-0.3, -0.25) is 14.7 Å². The zero-order valence-corrected chi connectivity index (χ0v) is 16.0. The van der Waals surface area contributed by atoms with Gasteiger partial charge in [0, 0.05) is 37.6 Å². The van der Waals surface area contributed by atoms with Gasteiger partial charge in [0.25, 0.3) is 5.91 Å². The molecule has 4 rings (SSSR count). The largest absolute Gasteiger partial charge is 0.364 e. The van der Waals surface area contributed by atoms with Gasteiger partial charge in [-0.1, -0.05) is 11.6 Å². The normalized spacial score (nSPS) is 14.2. The summed E-state index contributed by atoms with van der Waals surface area (Å²) in [4.78, 5) is 22.5. The topological polar surface area (TPSA) is 89.9 Å². The maximum Gasteiger partial charge on any atom is 0.333 e. The predicted octanol–water partition coefficient (Wildman–Crippen LogP) is 3.05. The molecule has 0 unspecified atom stereocenters. The second-order valence-electron chi connectivity index (χ2n) is 6.71. The summed E-state index contributed by atoms with van der Waals surface area (Å²) in [6.07, 6.45) is 3.52. The smallest absolute Gasteiger partial charge is 0.333 e. The number of carbonyl (C=O) groups excluding carboxylic acids is 1. The Morgan fingerprint density at radius 3 is 2.83 bits per heavy atom. The maximum absolute atomic E-state index is 13.1. The highest BCUT2D eigenvalue weighted by molar-refractivity contribution is 6.30. The number of amides is 1. The summed E-state index contributed by atoms with van der Waals surface area (Å²) >= 11 is 5.93. The van der Waals surface area contributed by atoms with Crippen LogP contribution in [-0.4, -0.2) is 37.1 Å². The number of nitrogens with zero attached hydrogens (tertiary/aromatic N) is 5. The van der Waals surface area contributed by atoms with Crippen LogP contribution in [0.4, 0.5) is 8.78 Å². The highest BCUT2D eigenvalue weighted by Crippen LogP contribution is 2.30. The Bertz CT molecular complexity index is 1050. The first-order valence-corrected chi connectivity index (χ1v) is 9.27. The van der Waals surface area contributed by atoms with Crippen molar-refractivity contribution >= 4 is 17.5 Å². The molecule has 150 valence electrons. The van der Waals surface area contributed by atoms with E-state index < -0.39 is 12.5 Å². The van der Waals surface area contributed by atoms with Crippen LogP contribution in [0.2, 0.25) is 5.02 Å². The molecule has 0 aromatic carbocycles. The summed E-state index contributed by atoms with van der Waals surface area (Å²) in [5.41, 5.74) is 9.10. The van der Waals surface area contributed by atoms with Crippen molar-refractivity contribution in [3.05, 3.63) is 64.3 Å². The number of hydrogen-bond acceptors (Lipinski definition) is 5. The second kappa shape index (κ2) is 7.84. The van der Waals surface area contributed by atoms with E-state index in [1.807, 2.05) is 4.90 Å². The van der Waals surface area contributed by atoms with Crippen LogP contribution in [0.25, 0.3) is 11.3 Å². The van der Waals surface area contributed by atoms with Gasteiger partial charge in [-0.25, -0.2) is 9.67 Å². The molecule has 3 aromatic rings. The van der Waals surface area contributed by atoms with Crippen molar-refractivity contribution in [3.8, 4) is 11.3 Å². The summed E-state index contributed by atoms with van der Waals surface area (Å²) in [5.74, 6) is -0.643. The molecule has 0 bridgehead atoms. The number of hydrogen-bond donors (Lipinski definition) is 1. The minimum absolute atomic E-state index is 0.134. The van der Waals surface area contributed by atoms with Gasteiger partial charge in [-0.2, -0.15) is 13.9 Å². The average molecular weight is 419 g/mol. The Labute approximate surface area is 170 Å². The third-order valence-electron chi connectivity index (χ3n) is 4.84. The Morgan fingerprint density at radius 2 is 2.14 bits per heavy atom. The first-order chi connectivity index (χ1) is 13.9. The van der Waals surface area contributed by atoms with Crippen LogP contribution in [0.1, 0.15) is 34.0 Å². The van der Waals surface area contributed by atoms with Gasteiger partial charge in [0.05, 0.1) is 22.1 Å². The Balaban J connectivity index is 1.67. The summed E-state index contributed by atoms with van der Waals surface area (Å²) in [6.45, 7) is -1.37. The number of halogens is 3. The van der Waals surface area contributed by atoms with Crippen molar-refractivity contribution in [1.29, 1.82) is 0 Å². The van der Waals surface area contributed by atoms with E-state index in [9.17, 15) is 13.6 Å². The van der Waals surface area contributed by atoms with Crippen LogP contribution in [0.3, 0.4) is 0 Å². The van der Waals surface area contributed by atoms with Crippen molar-refractivity contribution in [2.75, 3.05) is 6.54 Å². The number of carbonyl (C=O) groups is 1. The van der Waals surface area contributed by atoms with Crippen molar-refractivity contribution in [2.45, 2.75) is 26.1 Å². The summed E-state index contributed by atoms with van der Waals surface area (Å²) in [7, 11) is 0. The number of primary amides is 1. The molecular formula is C19H17ClF2N6O. The highest BCUT2D eigenvalue weighted by Gasteiger charge is 2.25. The molecule has 4 heterocycles. The molecule has 3 aromatic heterocycles. The van der Waals surface area contributed by atoms with E-state index in [1.54, 1.807) is 24.3 Å². The fourth-order valence-corrected chi connectivity index (χ4v) is 3.60.